The fourth-order valence-corrected chi connectivity index (χ4v) is 2.69. The Morgan fingerprint density at radius 1 is 1.05 bits per heavy atom. The lowest BCUT2D eigenvalue weighted by atomic mass is 9.84. The monoisotopic (exact) mass is 276 g/mol. The molecule has 0 heterocycles. The minimum Gasteiger partial charge on any atom is -0.480 e. The molecule has 1 aliphatic rings. The van der Waals surface area contributed by atoms with E-state index in [2.05, 4.69) is 0 Å². The van der Waals surface area contributed by atoms with Gasteiger partial charge in [0.15, 0.2) is 5.78 Å². The van der Waals surface area contributed by atoms with E-state index in [1.165, 1.54) is 37.7 Å². The molecule has 0 aliphatic heterocycles. The topological polar surface area (TPSA) is 63.6 Å². The van der Waals surface area contributed by atoms with Gasteiger partial charge >= 0.3 is 5.97 Å². The second kappa shape index (κ2) is 7.20. The molecule has 0 bridgehead atoms. The number of rotatable bonds is 6. The highest BCUT2D eigenvalue weighted by atomic mass is 16.5. The van der Waals surface area contributed by atoms with E-state index >= 15 is 0 Å². The van der Waals surface area contributed by atoms with Gasteiger partial charge in [-0.05, 0) is 24.3 Å². The molecule has 0 amide bonds. The first kappa shape index (κ1) is 14.7. The molecule has 1 saturated carbocycles. The van der Waals surface area contributed by atoms with E-state index in [1.54, 1.807) is 0 Å². The van der Waals surface area contributed by atoms with Gasteiger partial charge in [0.25, 0.3) is 0 Å². The number of Topliss-reactive ketones (excluding diaryl/α,β-unsaturated/α-hetero) is 1. The third-order valence-electron chi connectivity index (χ3n) is 3.77. The van der Waals surface area contributed by atoms with E-state index in [9.17, 15) is 9.59 Å². The Bertz CT molecular complexity index is 458. The molecule has 0 aromatic heterocycles. The van der Waals surface area contributed by atoms with Gasteiger partial charge in [0.1, 0.15) is 13.2 Å². The Labute approximate surface area is 118 Å². The molecule has 4 nitrogen and oxygen atoms in total. The Kier molecular flexibility index (Phi) is 5.30. The second-order valence-electron chi connectivity index (χ2n) is 5.27. The van der Waals surface area contributed by atoms with Crippen LogP contribution < -0.4 is 0 Å². The maximum atomic E-state index is 11.8. The molecular weight excluding hydrogens is 256 g/mol. The molecule has 4 heteroatoms. The van der Waals surface area contributed by atoms with Crippen LogP contribution in [0.15, 0.2) is 24.3 Å². The van der Waals surface area contributed by atoms with Crippen LogP contribution in [0.1, 0.15) is 53.9 Å². The molecule has 1 aliphatic carbocycles. The van der Waals surface area contributed by atoms with Crippen LogP contribution in [0, 0.1) is 0 Å². The van der Waals surface area contributed by atoms with Gasteiger partial charge < -0.3 is 9.84 Å². The van der Waals surface area contributed by atoms with Crippen LogP contribution in [0.25, 0.3) is 0 Å². The molecule has 0 spiro atoms. The number of carbonyl (C=O) groups is 2. The maximum Gasteiger partial charge on any atom is 0.329 e. The van der Waals surface area contributed by atoms with Crippen molar-refractivity contribution >= 4 is 11.8 Å². The number of hydrogen-bond acceptors (Lipinski definition) is 3. The van der Waals surface area contributed by atoms with Gasteiger partial charge in [0, 0.05) is 5.56 Å². The molecule has 1 aromatic carbocycles. The summed E-state index contributed by atoms with van der Waals surface area (Å²) in [4.78, 5) is 22.1. The minimum absolute atomic E-state index is 0.179. The van der Waals surface area contributed by atoms with Crippen LogP contribution in [-0.4, -0.2) is 30.1 Å². The first-order valence-electron chi connectivity index (χ1n) is 7.09. The molecule has 0 unspecified atom stereocenters. The van der Waals surface area contributed by atoms with E-state index < -0.39 is 12.6 Å². The third-order valence-corrected chi connectivity index (χ3v) is 3.77. The third kappa shape index (κ3) is 4.17. The van der Waals surface area contributed by atoms with Crippen molar-refractivity contribution in [1.82, 2.24) is 0 Å². The van der Waals surface area contributed by atoms with Gasteiger partial charge in [-0.15, -0.1) is 0 Å². The number of carbonyl (C=O) groups excluding carboxylic acids is 1. The SMILES string of the molecule is O=C(O)COCC(=O)c1ccc(C2CCCCC2)cc1. The number of ether oxygens (including phenoxy) is 1. The van der Waals surface area contributed by atoms with Gasteiger partial charge in [-0.25, -0.2) is 4.79 Å². The smallest absolute Gasteiger partial charge is 0.329 e. The maximum absolute atomic E-state index is 11.8. The van der Waals surface area contributed by atoms with Crippen molar-refractivity contribution in [1.29, 1.82) is 0 Å². The van der Waals surface area contributed by atoms with Crippen molar-refractivity contribution in [2.75, 3.05) is 13.2 Å². The van der Waals surface area contributed by atoms with Crippen LogP contribution in [0.2, 0.25) is 0 Å². The van der Waals surface area contributed by atoms with Crippen molar-refractivity contribution in [3.05, 3.63) is 35.4 Å². The summed E-state index contributed by atoms with van der Waals surface area (Å²) < 4.78 is 4.81. The first-order chi connectivity index (χ1) is 9.66. The first-order valence-corrected chi connectivity index (χ1v) is 7.09. The fourth-order valence-electron chi connectivity index (χ4n) is 2.69. The normalized spacial score (nSPS) is 16.0. The summed E-state index contributed by atoms with van der Waals surface area (Å²) in [6, 6.07) is 7.66. The van der Waals surface area contributed by atoms with E-state index in [0.717, 1.165) is 0 Å². The average molecular weight is 276 g/mol. The molecule has 0 saturated heterocycles. The van der Waals surface area contributed by atoms with Gasteiger partial charge in [0.2, 0.25) is 0 Å². The highest BCUT2D eigenvalue weighted by Crippen LogP contribution is 2.32. The number of aliphatic carboxylic acids is 1. The van der Waals surface area contributed by atoms with Crippen LogP contribution in [0.3, 0.4) is 0 Å². The van der Waals surface area contributed by atoms with E-state index in [1.807, 2.05) is 24.3 Å². The summed E-state index contributed by atoms with van der Waals surface area (Å²) in [6.07, 6.45) is 6.36. The zero-order valence-electron chi connectivity index (χ0n) is 11.5. The lowest BCUT2D eigenvalue weighted by molar-refractivity contribution is -0.141. The Balaban J connectivity index is 1.90. The summed E-state index contributed by atoms with van der Waals surface area (Å²) in [5, 5.41) is 8.44. The fraction of sp³-hybridized carbons (Fsp3) is 0.500. The average Bonchev–Trinajstić information content (AvgIpc) is 2.48. The number of carboxylic acid groups (broad SMARTS) is 1. The lowest BCUT2D eigenvalue weighted by Crippen LogP contribution is -2.14. The van der Waals surface area contributed by atoms with Gasteiger partial charge in [-0.1, -0.05) is 43.5 Å². The summed E-state index contributed by atoms with van der Waals surface area (Å²) >= 11 is 0. The summed E-state index contributed by atoms with van der Waals surface area (Å²) in [5.41, 5.74) is 1.88. The number of benzene rings is 1. The van der Waals surface area contributed by atoms with Crippen molar-refractivity contribution in [2.45, 2.75) is 38.0 Å². The van der Waals surface area contributed by atoms with Crippen molar-refractivity contribution in [3.63, 3.8) is 0 Å². The molecule has 20 heavy (non-hydrogen) atoms. The predicted octanol–water partition coefficient (Wildman–Crippen LogP) is 3.02. The Morgan fingerprint density at radius 2 is 1.70 bits per heavy atom. The zero-order chi connectivity index (χ0) is 14.4. The second-order valence-corrected chi connectivity index (χ2v) is 5.27. The van der Waals surface area contributed by atoms with E-state index in [-0.39, 0.29) is 12.4 Å². The Morgan fingerprint density at radius 3 is 2.30 bits per heavy atom. The summed E-state index contributed by atoms with van der Waals surface area (Å²) in [5.74, 6) is -0.622. The van der Waals surface area contributed by atoms with Crippen molar-refractivity contribution < 1.29 is 19.4 Å². The van der Waals surface area contributed by atoms with E-state index in [4.69, 9.17) is 9.84 Å². The van der Waals surface area contributed by atoms with Crippen LogP contribution >= 0.6 is 0 Å². The largest absolute Gasteiger partial charge is 0.480 e. The van der Waals surface area contributed by atoms with Crippen molar-refractivity contribution in [3.8, 4) is 0 Å². The molecule has 0 radical (unpaired) electrons. The molecule has 2 rings (SSSR count). The zero-order valence-corrected chi connectivity index (χ0v) is 11.5. The predicted molar refractivity (Wildman–Crippen MR) is 75.1 cm³/mol. The van der Waals surface area contributed by atoms with Crippen molar-refractivity contribution in [2.24, 2.45) is 0 Å². The van der Waals surface area contributed by atoms with Gasteiger partial charge in [-0.3, -0.25) is 4.79 Å². The molecule has 1 fully saturated rings. The standard InChI is InChI=1S/C16H20O4/c17-15(10-20-11-16(18)19)14-8-6-13(7-9-14)12-4-2-1-3-5-12/h6-9,12H,1-5,10-11H2,(H,18,19). The highest BCUT2D eigenvalue weighted by Gasteiger charge is 2.16. The van der Waals surface area contributed by atoms with Gasteiger partial charge in [-0.2, -0.15) is 0 Å². The summed E-state index contributed by atoms with van der Waals surface area (Å²) in [6.45, 7) is -0.624. The van der Waals surface area contributed by atoms with Crippen LogP contribution in [0.5, 0.6) is 0 Å². The molecule has 1 aromatic rings. The minimum atomic E-state index is -1.06. The molecular formula is C16H20O4. The Hall–Kier alpha value is -1.68. The highest BCUT2D eigenvalue weighted by molar-refractivity contribution is 5.97. The molecule has 1 N–H and O–H groups in total. The molecule has 0 atom stereocenters. The van der Waals surface area contributed by atoms with Gasteiger partial charge in [0.05, 0.1) is 0 Å². The number of ketones is 1. The lowest BCUT2D eigenvalue weighted by Gasteiger charge is -2.22. The molecule has 108 valence electrons. The number of carboxylic acids is 1. The summed E-state index contributed by atoms with van der Waals surface area (Å²) in [7, 11) is 0. The van der Waals surface area contributed by atoms with E-state index in [0.29, 0.717) is 11.5 Å². The van der Waals surface area contributed by atoms with Crippen LogP contribution in [0.4, 0.5) is 0 Å². The van der Waals surface area contributed by atoms with Crippen LogP contribution in [-0.2, 0) is 9.53 Å². The number of hydrogen-bond donors (Lipinski definition) is 1. The quantitative estimate of drug-likeness (QED) is 0.811.